The molecule has 8 aromatic carbocycles. The van der Waals surface area contributed by atoms with Crippen molar-refractivity contribution in [1.82, 2.24) is 4.98 Å². The van der Waals surface area contributed by atoms with Crippen LogP contribution in [0.15, 0.2) is 168 Å². The Morgan fingerprint density at radius 3 is 1.74 bits per heavy atom. The number of hydrogen-bond acceptors (Lipinski definition) is 2. The molecule has 0 fully saturated rings. The molecule has 0 amide bonds. The van der Waals surface area contributed by atoms with Gasteiger partial charge in [0.2, 0.25) is 0 Å². The van der Waals surface area contributed by atoms with Gasteiger partial charge in [0.1, 0.15) is 11.2 Å². The number of hydrogen-bond donors (Lipinski definition) is 0. The summed E-state index contributed by atoms with van der Waals surface area (Å²) in [6.07, 6.45) is 3.73. The summed E-state index contributed by atoms with van der Waals surface area (Å²) in [4.78, 5) is 4.29. The number of para-hydroxylation sites is 2. The van der Waals surface area contributed by atoms with Gasteiger partial charge in [0, 0.05) is 28.7 Å². The molecule has 2 nitrogen and oxygen atoms in total. The molecule has 2 heterocycles. The highest BCUT2D eigenvalue weighted by Crippen LogP contribution is 2.43. The van der Waals surface area contributed by atoms with Gasteiger partial charge in [-0.3, -0.25) is 4.98 Å². The van der Waals surface area contributed by atoms with E-state index in [2.05, 4.69) is 138 Å². The lowest BCUT2D eigenvalue weighted by Crippen LogP contribution is -1.90. The van der Waals surface area contributed by atoms with Crippen molar-refractivity contribution < 1.29 is 4.42 Å². The molecule has 0 aliphatic rings. The quantitative estimate of drug-likeness (QED) is 0.189. The van der Waals surface area contributed by atoms with Gasteiger partial charge in [0.15, 0.2) is 0 Å². The van der Waals surface area contributed by atoms with Crippen molar-refractivity contribution in [3.05, 3.63) is 164 Å². The summed E-state index contributed by atoms with van der Waals surface area (Å²) in [6.45, 7) is 0. The molecule has 10 aromatic rings. The maximum Gasteiger partial charge on any atom is 0.143 e. The van der Waals surface area contributed by atoms with E-state index in [0.717, 1.165) is 38.6 Å². The van der Waals surface area contributed by atoms with E-state index in [0.29, 0.717) is 0 Å². The first-order chi connectivity index (χ1) is 23.3. The van der Waals surface area contributed by atoms with Gasteiger partial charge >= 0.3 is 0 Å². The fourth-order valence-corrected chi connectivity index (χ4v) is 7.51. The molecule has 0 unspecified atom stereocenters. The molecule has 0 saturated carbocycles. The van der Waals surface area contributed by atoms with E-state index >= 15 is 0 Å². The average Bonchev–Trinajstić information content (AvgIpc) is 3.53. The van der Waals surface area contributed by atoms with Crippen LogP contribution in [0.4, 0.5) is 0 Å². The van der Waals surface area contributed by atoms with Crippen molar-refractivity contribution in [2.45, 2.75) is 0 Å². The highest BCUT2D eigenvalue weighted by molar-refractivity contribution is 6.27. The molecular formula is C45H27NO. The zero-order valence-electron chi connectivity index (χ0n) is 25.4. The molecule has 218 valence electrons. The summed E-state index contributed by atoms with van der Waals surface area (Å²) in [5.41, 5.74) is 11.3. The standard InChI is InChI=1S/C45H27NO/c1-2-12-42-38(9-1)41-11-4-10-37(45(41)47-42)33-7-3-6-32(26-33)36-22-18-31-19-23-39-35(21-17-30-20-24-40(36)44(31)43(30)39)29-15-13-28(14-16-29)34-8-5-25-46-27-34/h1-27H. The summed E-state index contributed by atoms with van der Waals surface area (Å²) < 4.78 is 6.40. The molecule has 0 aliphatic carbocycles. The summed E-state index contributed by atoms with van der Waals surface area (Å²) in [7, 11) is 0. The molecule has 0 saturated heterocycles. The van der Waals surface area contributed by atoms with Gasteiger partial charge in [0.25, 0.3) is 0 Å². The minimum atomic E-state index is 0.918. The number of furan rings is 1. The van der Waals surface area contributed by atoms with E-state index in [9.17, 15) is 0 Å². The third-order valence-electron chi connectivity index (χ3n) is 9.74. The van der Waals surface area contributed by atoms with E-state index < -0.39 is 0 Å². The summed E-state index contributed by atoms with van der Waals surface area (Å²) in [5, 5.41) is 9.99. The smallest absolute Gasteiger partial charge is 0.143 e. The normalized spacial score (nSPS) is 11.8. The molecule has 0 atom stereocenters. The second-order valence-electron chi connectivity index (χ2n) is 12.3. The fraction of sp³-hybridized carbons (Fsp3) is 0. The molecular weight excluding hydrogens is 571 g/mol. The van der Waals surface area contributed by atoms with Crippen molar-refractivity contribution >= 4 is 54.3 Å². The number of pyridine rings is 1. The predicted molar refractivity (Wildman–Crippen MR) is 197 cm³/mol. The van der Waals surface area contributed by atoms with Crippen LogP contribution in [0.25, 0.3) is 98.8 Å². The maximum atomic E-state index is 6.40. The van der Waals surface area contributed by atoms with Gasteiger partial charge in [-0.25, -0.2) is 0 Å². The lowest BCUT2D eigenvalue weighted by Gasteiger charge is -2.17. The third kappa shape index (κ3) is 4.02. The second-order valence-corrected chi connectivity index (χ2v) is 12.3. The Morgan fingerprint density at radius 1 is 0.383 bits per heavy atom. The van der Waals surface area contributed by atoms with Crippen LogP contribution in [0.1, 0.15) is 0 Å². The summed E-state index contributed by atoms with van der Waals surface area (Å²) >= 11 is 0. The second kappa shape index (κ2) is 10.1. The monoisotopic (exact) mass is 597 g/mol. The largest absolute Gasteiger partial charge is 0.455 e. The van der Waals surface area contributed by atoms with Crippen LogP contribution in [-0.2, 0) is 0 Å². The minimum absolute atomic E-state index is 0.918. The van der Waals surface area contributed by atoms with Crippen LogP contribution >= 0.6 is 0 Å². The zero-order valence-corrected chi connectivity index (χ0v) is 25.4. The number of fused-ring (bicyclic) bond motifs is 3. The number of benzene rings is 8. The van der Waals surface area contributed by atoms with Crippen LogP contribution in [0, 0.1) is 0 Å². The summed E-state index contributed by atoms with van der Waals surface area (Å²) in [5.74, 6) is 0. The van der Waals surface area contributed by atoms with Crippen molar-refractivity contribution in [3.63, 3.8) is 0 Å². The van der Waals surface area contributed by atoms with Gasteiger partial charge < -0.3 is 4.42 Å². The van der Waals surface area contributed by atoms with E-state index in [-0.39, 0.29) is 0 Å². The Bertz CT molecular complexity index is 2770. The van der Waals surface area contributed by atoms with Gasteiger partial charge in [-0.05, 0) is 89.5 Å². The van der Waals surface area contributed by atoms with Crippen molar-refractivity contribution in [1.29, 1.82) is 0 Å². The third-order valence-corrected chi connectivity index (χ3v) is 9.74. The van der Waals surface area contributed by atoms with Crippen LogP contribution in [0.2, 0.25) is 0 Å². The first kappa shape index (κ1) is 26.0. The Hall–Kier alpha value is -6.25. The summed E-state index contributed by atoms with van der Waals surface area (Å²) in [6, 6.07) is 54.8. The molecule has 0 N–H and O–H groups in total. The van der Waals surface area contributed by atoms with Gasteiger partial charge in [-0.1, -0.05) is 133 Å². The van der Waals surface area contributed by atoms with Gasteiger partial charge in [-0.15, -0.1) is 0 Å². The van der Waals surface area contributed by atoms with E-state index in [1.165, 1.54) is 60.1 Å². The molecule has 10 rings (SSSR count). The SMILES string of the molecule is c1cncc(-c2ccc(-c3ccc4ccc5c(-c6cccc(-c7cccc8c7oc7ccccc78)c6)ccc6ccc3c4c65)cc2)c1. The minimum Gasteiger partial charge on any atom is -0.455 e. The first-order valence-corrected chi connectivity index (χ1v) is 16.0. The molecule has 0 spiro atoms. The molecule has 0 aliphatic heterocycles. The number of nitrogens with zero attached hydrogens (tertiary/aromatic N) is 1. The predicted octanol–water partition coefficient (Wildman–Crippen LogP) is 12.5. The average molecular weight is 598 g/mol. The molecule has 47 heavy (non-hydrogen) atoms. The van der Waals surface area contributed by atoms with E-state index in [4.69, 9.17) is 4.42 Å². The van der Waals surface area contributed by atoms with Crippen LogP contribution in [0.5, 0.6) is 0 Å². The Labute approximate surface area is 271 Å². The highest BCUT2D eigenvalue weighted by Gasteiger charge is 2.17. The molecule has 2 heteroatoms. The maximum absolute atomic E-state index is 6.40. The molecule has 2 aromatic heterocycles. The fourth-order valence-electron chi connectivity index (χ4n) is 7.51. The van der Waals surface area contributed by atoms with Crippen molar-refractivity contribution in [3.8, 4) is 44.5 Å². The lowest BCUT2D eigenvalue weighted by molar-refractivity contribution is 0.670. The highest BCUT2D eigenvalue weighted by atomic mass is 16.3. The topological polar surface area (TPSA) is 26.0 Å². The Balaban J connectivity index is 1.13. The first-order valence-electron chi connectivity index (χ1n) is 16.0. The van der Waals surface area contributed by atoms with E-state index in [1.807, 2.05) is 30.6 Å². The van der Waals surface area contributed by atoms with Crippen LogP contribution < -0.4 is 0 Å². The lowest BCUT2D eigenvalue weighted by atomic mass is 9.86. The Kier molecular flexibility index (Phi) is 5.61. The number of rotatable bonds is 4. The molecule has 0 radical (unpaired) electrons. The van der Waals surface area contributed by atoms with Gasteiger partial charge in [0.05, 0.1) is 0 Å². The Morgan fingerprint density at radius 2 is 1.00 bits per heavy atom. The van der Waals surface area contributed by atoms with Gasteiger partial charge in [-0.2, -0.15) is 0 Å². The number of aromatic nitrogens is 1. The van der Waals surface area contributed by atoms with Crippen molar-refractivity contribution in [2.24, 2.45) is 0 Å². The molecule has 0 bridgehead atoms. The van der Waals surface area contributed by atoms with Crippen LogP contribution in [0.3, 0.4) is 0 Å². The van der Waals surface area contributed by atoms with Crippen molar-refractivity contribution in [2.75, 3.05) is 0 Å². The zero-order chi connectivity index (χ0) is 30.9. The van der Waals surface area contributed by atoms with E-state index in [1.54, 1.807) is 0 Å². The van der Waals surface area contributed by atoms with Crippen LogP contribution in [-0.4, -0.2) is 4.98 Å².